The van der Waals surface area contributed by atoms with Gasteiger partial charge in [-0.15, -0.1) is 0 Å². The Morgan fingerprint density at radius 1 is 0.529 bits per heavy atom. The molecule has 0 aromatic heterocycles. The van der Waals surface area contributed by atoms with Crippen molar-refractivity contribution in [3.05, 3.63) is 0 Å². The van der Waals surface area contributed by atoms with Crippen LogP contribution in [0.2, 0.25) is 0 Å². The van der Waals surface area contributed by atoms with E-state index in [0.717, 1.165) is 11.8 Å². The first-order valence-electron chi connectivity index (χ1n) is 8.22. The summed E-state index contributed by atoms with van der Waals surface area (Å²) in [5.74, 6) is 1.89. The first kappa shape index (κ1) is 17.0. The van der Waals surface area contributed by atoms with Crippen LogP contribution in [0.1, 0.15) is 98.3 Å². The van der Waals surface area contributed by atoms with Crippen LogP contribution >= 0.6 is 0 Å². The molecule has 0 aliphatic carbocycles. The van der Waals surface area contributed by atoms with Crippen molar-refractivity contribution in [2.75, 3.05) is 0 Å². The fraction of sp³-hybridized carbons (Fsp3) is 1.00. The normalized spacial score (nSPS) is 14.8. The van der Waals surface area contributed by atoms with Crippen LogP contribution in [-0.2, 0) is 0 Å². The van der Waals surface area contributed by atoms with Crippen LogP contribution in [0.25, 0.3) is 0 Å². The number of unbranched alkanes of at least 4 members (excludes halogenated alkanes) is 7. The summed E-state index contributed by atoms with van der Waals surface area (Å²) in [5.41, 5.74) is 0. The minimum Gasteiger partial charge on any atom is -0.0654 e. The van der Waals surface area contributed by atoms with Crippen LogP contribution in [0.3, 0.4) is 0 Å². The van der Waals surface area contributed by atoms with E-state index in [1.165, 1.54) is 70.6 Å². The van der Waals surface area contributed by atoms with Crippen molar-refractivity contribution in [1.29, 1.82) is 0 Å². The first-order valence-corrected chi connectivity index (χ1v) is 8.22. The van der Waals surface area contributed by atoms with Gasteiger partial charge < -0.3 is 0 Å². The summed E-state index contributed by atoms with van der Waals surface area (Å²) in [6.45, 7) is 9.51. The Bertz CT molecular complexity index is 139. The molecular weight excluding hydrogens is 204 g/mol. The fourth-order valence-electron chi connectivity index (χ4n) is 2.53. The first-order chi connectivity index (χ1) is 8.22. The second kappa shape index (κ2) is 12.5. The molecule has 0 spiro atoms. The second-order valence-corrected chi connectivity index (χ2v) is 6.01. The molecule has 0 aliphatic heterocycles. The van der Waals surface area contributed by atoms with Gasteiger partial charge >= 0.3 is 0 Å². The van der Waals surface area contributed by atoms with Crippen LogP contribution in [-0.4, -0.2) is 0 Å². The minimum absolute atomic E-state index is 0.943. The maximum absolute atomic E-state index is 2.46. The molecule has 0 rings (SSSR count). The lowest BCUT2D eigenvalue weighted by atomic mass is 9.87. The average Bonchev–Trinajstić information content (AvgIpc) is 2.34. The number of hydrogen-bond donors (Lipinski definition) is 0. The summed E-state index contributed by atoms with van der Waals surface area (Å²) in [5, 5.41) is 0. The SMILES string of the molecule is CCCCCCCC(C)C(C)CCCCCC. The van der Waals surface area contributed by atoms with Crippen LogP contribution in [0.5, 0.6) is 0 Å². The van der Waals surface area contributed by atoms with E-state index in [1.807, 2.05) is 0 Å². The summed E-state index contributed by atoms with van der Waals surface area (Å²) >= 11 is 0. The van der Waals surface area contributed by atoms with Crippen molar-refractivity contribution in [2.45, 2.75) is 98.3 Å². The molecule has 0 aromatic rings. The van der Waals surface area contributed by atoms with E-state index in [2.05, 4.69) is 27.7 Å². The van der Waals surface area contributed by atoms with Crippen molar-refractivity contribution < 1.29 is 0 Å². The van der Waals surface area contributed by atoms with Crippen molar-refractivity contribution >= 4 is 0 Å². The Morgan fingerprint density at radius 2 is 0.882 bits per heavy atom. The Morgan fingerprint density at radius 3 is 1.29 bits per heavy atom. The van der Waals surface area contributed by atoms with Crippen molar-refractivity contribution in [1.82, 2.24) is 0 Å². The molecule has 0 heteroatoms. The lowest BCUT2D eigenvalue weighted by Gasteiger charge is -2.19. The summed E-state index contributed by atoms with van der Waals surface area (Å²) in [4.78, 5) is 0. The highest BCUT2D eigenvalue weighted by molar-refractivity contribution is 4.62. The van der Waals surface area contributed by atoms with Gasteiger partial charge in [0.2, 0.25) is 0 Å². The van der Waals surface area contributed by atoms with Gasteiger partial charge in [0.15, 0.2) is 0 Å². The average molecular weight is 240 g/mol. The van der Waals surface area contributed by atoms with Gasteiger partial charge in [-0.25, -0.2) is 0 Å². The lowest BCUT2D eigenvalue weighted by molar-refractivity contribution is 0.322. The Kier molecular flexibility index (Phi) is 12.5. The summed E-state index contributed by atoms with van der Waals surface area (Å²) < 4.78 is 0. The van der Waals surface area contributed by atoms with Gasteiger partial charge in [-0.2, -0.15) is 0 Å². The standard InChI is InChI=1S/C17H36/c1-5-7-9-11-13-15-17(4)16(3)14-12-10-8-6-2/h16-17H,5-15H2,1-4H3. The third-order valence-electron chi connectivity index (χ3n) is 4.25. The molecule has 2 unspecified atom stereocenters. The second-order valence-electron chi connectivity index (χ2n) is 6.01. The molecule has 0 amide bonds. The van der Waals surface area contributed by atoms with Gasteiger partial charge in [0.05, 0.1) is 0 Å². The van der Waals surface area contributed by atoms with Gasteiger partial charge in [-0.3, -0.25) is 0 Å². The summed E-state index contributed by atoms with van der Waals surface area (Å²) in [6, 6.07) is 0. The molecule has 0 saturated carbocycles. The molecule has 2 atom stereocenters. The van der Waals surface area contributed by atoms with Gasteiger partial charge in [0, 0.05) is 0 Å². The molecule has 0 bridgehead atoms. The number of hydrogen-bond acceptors (Lipinski definition) is 0. The molecule has 0 nitrogen and oxygen atoms in total. The largest absolute Gasteiger partial charge is 0.0654 e. The van der Waals surface area contributed by atoms with Crippen LogP contribution in [0, 0.1) is 11.8 Å². The summed E-state index contributed by atoms with van der Waals surface area (Å²) in [7, 11) is 0. The van der Waals surface area contributed by atoms with Gasteiger partial charge in [-0.1, -0.05) is 98.3 Å². The molecule has 0 saturated heterocycles. The summed E-state index contributed by atoms with van der Waals surface area (Å²) in [6.07, 6.45) is 15.8. The van der Waals surface area contributed by atoms with Gasteiger partial charge in [0.1, 0.15) is 0 Å². The Labute approximate surface area is 111 Å². The maximum Gasteiger partial charge on any atom is -0.0417 e. The Balaban J connectivity index is 3.36. The smallest absolute Gasteiger partial charge is 0.0417 e. The zero-order valence-corrected chi connectivity index (χ0v) is 12.9. The van der Waals surface area contributed by atoms with E-state index in [9.17, 15) is 0 Å². The predicted molar refractivity (Wildman–Crippen MR) is 80.5 cm³/mol. The van der Waals surface area contributed by atoms with E-state index in [1.54, 1.807) is 0 Å². The van der Waals surface area contributed by atoms with Gasteiger partial charge in [-0.05, 0) is 11.8 Å². The molecular formula is C17H36. The minimum atomic E-state index is 0.943. The van der Waals surface area contributed by atoms with Crippen molar-refractivity contribution in [2.24, 2.45) is 11.8 Å². The van der Waals surface area contributed by atoms with Crippen molar-refractivity contribution in [3.63, 3.8) is 0 Å². The van der Waals surface area contributed by atoms with E-state index in [4.69, 9.17) is 0 Å². The van der Waals surface area contributed by atoms with E-state index >= 15 is 0 Å². The monoisotopic (exact) mass is 240 g/mol. The molecule has 0 N–H and O–H groups in total. The topological polar surface area (TPSA) is 0 Å². The van der Waals surface area contributed by atoms with E-state index < -0.39 is 0 Å². The molecule has 0 aliphatic rings. The Hall–Kier alpha value is 0. The molecule has 0 heterocycles. The lowest BCUT2D eigenvalue weighted by Crippen LogP contribution is -2.08. The molecule has 0 fully saturated rings. The van der Waals surface area contributed by atoms with Crippen molar-refractivity contribution in [3.8, 4) is 0 Å². The van der Waals surface area contributed by atoms with Crippen LogP contribution in [0.4, 0.5) is 0 Å². The molecule has 0 radical (unpaired) electrons. The third kappa shape index (κ3) is 10.9. The van der Waals surface area contributed by atoms with Crippen LogP contribution < -0.4 is 0 Å². The predicted octanol–water partition coefficient (Wildman–Crippen LogP) is 6.59. The number of rotatable bonds is 12. The van der Waals surface area contributed by atoms with E-state index in [0.29, 0.717) is 0 Å². The van der Waals surface area contributed by atoms with Crippen LogP contribution in [0.15, 0.2) is 0 Å². The highest BCUT2D eigenvalue weighted by Gasteiger charge is 2.11. The zero-order chi connectivity index (χ0) is 12.9. The molecule has 17 heavy (non-hydrogen) atoms. The molecule has 104 valence electrons. The highest BCUT2D eigenvalue weighted by Crippen LogP contribution is 2.23. The quantitative estimate of drug-likeness (QED) is 0.338. The zero-order valence-electron chi connectivity index (χ0n) is 12.9. The van der Waals surface area contributed by atoms with E-state index in [-0.39, 0.29) is 0 Å². The highest BCUT2D eigenvalue weighted by atomic mass is 14.2. The molecule has 0 aromatic carbocycles. The maximum atomic E-state index is 2.46. The van der Waals surface area contributed by atoms with Gasteiger partial charge in [0.25, 0.3) is 0 Å². The fourth-order valence-corrected chi connectivity index (χ4v) is 2.53. The third-order valence-corrected chi connectivity index (χ3v) is 4.25.